The van der Waals surface area contributed by atoms with Gasteiger partial charge in [-0.2, -0.15) is 0 Å². The third kappa shape index (κ3) is 1.70. The van der Waals surface area contributed by atoms with E-state index in [2.05, 4.69) is 95.7 Å². The van der Waals surface area contributed by atoms with Gasteiger partial charge in [0.15, 0.2) is 0 Å². The first-order valence-electron chi connectivity index (χ1n) is 8.51. The minimum Gasteiger partial charge on any atom is -0.321 e. The maximum atomic E-state index is 2.51. The Morgan fingerprint density at radius 2 is 1.33 bits per heavy atom. The van der Waals surface area contributed by atoms with Crippen molar-refractivity contribution in [1.82, 2.24) is 0 Å². The molecule has 0 N–H and O–H groups in total. The average molecular weight is 328 g/mol. The van der Waals surface area contributed by atoms with Gasteiger partial charge in [-0.15, -0.1) is 0 Å². The Morgan fingerprint density at radius 1 is 0.667 bits per heavy atom. The molecule has 0 saturated carbocycles. The Kier molecular flexibility index (Phi) is 2.74. The lowest BCUT2D eigenvalue weighted by Crippen LogP contribution is -2.58. The van der Waals surface area contributed by atoms with E-state index in [9.17, 15) is 0 Å². The monoisotopic (exact) mass is 328 g/mol. The molecule has 3 heteroatoms. The van der Waals surface area contributed by atoms with Crippen LogP contribution >= 0.6 is 0 Å². The van der Waals surface area contributed by atoms with E-state index < -0.39 is 8.07 Å². The lowest BCUT2D eigenvalue weighted by molar-refractivity contribution is 0.992. The molecule has 3 aromatic carbocycles. The first-order chi connectivity index (χ1) is 11.7. The van der Waals surface area contributed by atoms with Crippen LogP contribution in [0.2, 0.25) is 13.1 Å². The van der Waals surface area contributed by atoms with Crippen molar-refractivity contribution < 1.29 is 0 Å². The van der Waals surface area contributed by atoms with Crippen molar-refractivity contribution in [3.63, 3.8) is 0 Å². The maximum Gasteiger partial charge on any atom is 0.117 e. The topological polar surface area (TPSA) is 6.48 Å². The Morgan fingerprint density at radius 3 is 2.17 bits per heavy atom. The van der Waals surface area contributed by atoms with E-state index in [0.29, 0.717) is 0 Å². The highest BCUT2D eigenvalue weighted by molar-refractivity contribution is 7.02. The quantitative estimate of drug-likeness (QED) is 0.621. The number of anilines is 4. The highest BCUT2D eigenvalue weighted by Crippen LogP contribution is 2.45. The zero-order chi connectivity index (χ0) is 16.3. The molecule has 2 nitrogen and oxygen atoms in total. The van der Waals surface area contributed by atoms with Gasteiger partial charge in [-0.25, -0.2) is 0 Å². The molecule has 0 saturated heterocycles. The van der Waals surface area contributed by atoms with Crippen LogP contribution in [0.4, 0.5) is 22.7 Å². The zero-order valence-corrected chi connectivity index (χ0v) is 15.0. The van der Waals surface area contributed by atoms with Crippen molar-refractivity contribution >= 4 is 41.2 Å². The number of hydrogen-bond donors (Lipinski definition) is 0. The molecule has 0 unspecified atom stereocenters. The van der Waals surface area contributed by atoms with Crippen LogP contribution in [0.15, 0.2) is 72.8 Å². The van der Waals surface area contributed by atoms with Gasteiger partial charge in [-0.1, -0.05) is 61.6 Å². The molecule has 0 amide bonds. The number of fused-ring (bicyclic) bond motifs is 2. The van der Waals surface area contributed by atoms with Crippen LogP contribution in [-0.4, -0.2) is 14.7 Å². The summed E-state index contributed by atoms with van der Waals surface area (Å²) >= 11 is 0. The Balaban J connectivity index is 1.78. The summed E-state index contributed by atoms with van der Waals surface area (Å²) < 4.78 is 0. The van der Waals surface area contributed by atoms with Gasteiger partial charge in [0.05, 0.1) is 11.4 Å². The van der Waals surface area contributed by atoms with Gasteiger partial charge in [0.2, 0.25) is 0 Å². The molecular weight excluding hydrogens is 308 g/mol. The second-order valence-corrected chi connectivity index (χ2v) is 11.5. The summed E-state index contributed by atoms with van der Waals surface area (Å²) in [5.41, 5.74) is 5.43. The number of para-hydroxylation sites is 3. The van der Waals surface area contributed by atoms with E-state index >= 15 is 0 Å². The highest BCUT2D eigenvalue weighted by Gasteiger charge is 2.42. The Labute approximate surface area is 144 Å². The molecule has 0 bridgehead atoms. The van der Waals surface area contributed by atoms with E-state index in [1.165, 1.54) is 22.7 Å². The first-order valence-corrected chi connectivity index (χ1v) is 11.5. The molecule has 118 valence electrons. The van der Waals surface area contributed by atoms with Crippen LogP contribution in [0.25, 0.3) is 0 Å². The summed E-state index contributed by atoms with van der Waals surface area (Å²) in [4.78, 5) is 4.94. The van der Waals surface area contributed by atoms with Crippen LogP contribution in [-0.2, 0) is 0 Å². The molecule has 0 radical (unpaired) electrons. The largest absolute Gasteiger partial charge is 0.321 e. The van der Waals surface area contributed by atoms with Crippen LogP contribution in [0.5, 0.6) is 0 Å². The molecule has 2 aliphatic rings. The van der Waals surface area contributed by atoms with Gasteiger partial charge >= 0.3 is 0 Å². The van der Waals surface area contributed by atoms with Crippen LogP contribution < -0.4 is 20.2 Å². The molecule has 0 aliphatic carbocycles. The molecule has 0 atom stereocenters. The fourth-order valence-corrected chi connectivity index (χ4v) is 7.26. The van der Waals surface area contributed by atoms with Crippen molar-refractivity contribution in [3.8, 4) is 0 Å². The lowest BCUT2D eigenvalue weighted by Gasteiger charge is -2.38. The summed E-state index contributed by atoms with van der Waals surface area (Å²) in [6, 6.07) is 26.6. The average Bonchev–Trinajstić information content (AvgIpc) is 3.01. The van der Waals surface area contributed by atoms with Crippen LogP contribution in [0.1, 0.15) is 0 Å². The standard InChI is InChI=1S/C21H20N2Si/c1-24(2)19-13-7-6-11-17(19)23-15-22(16-9-4-3-5-10-16)18-12-8-14-20(24)21(18)23/h3-14H,15H2,1-2H3. The van der Waals surface area contributed by atoms with Gasteiger partial charge in [-0.05, 0) is 34.6 Å². The molecule has 3 aromatic rings. The summed E-state index contributed by atoms with van der Waals surface area (Å²) in [7, 11) is -1.66. The van der Waals surface area contributed by atoms with Crippen molar-refractivity contribution in [3.05, 3.63) is 72.8 Å². The predicted octanol–water partition coefficient (Wildman–Crippen LogP) is 4.07. The van der Waals surface area contributed by atoms with E-state index in [1.54, 1.807) is 10.4 Å². The van der Waals surface area contributed by atoms with Gasteiger partial charge < -0.3 is 9.80 Å². The molecule has 24 heavy (non-hydrogen) atoms. The molecule has 0 fully saturated rings. The molecular formula is C21H20N2Si. The van der Waals surface area contributed by atoms with Gasteiger partial charge in [0.1, 0.15) is 14.7 Å². The second kappa shape index (κ2) is 4.74. The smallest absolute Gasteiger partial charge is 0.117 e. The zero-order valence-electron chi connectivity index (χ0n) is 14.0. The SMILES string of the molecule is C[Si]1(C)c2ccccc2N2CN(c3ccccc3)c3cccc1c32. The summed E-state index contributed by atoms with van der Waals surface area (Å²) in [5, 5.41) is 3.10. The van der Waals surface area contributed by atoms with Gasteiger partial charge in [0, 0.05) is 11.4 Å². The number of benzene rings is 3. The van der Waals surface area contributed by atoms with E-state index in [4.69, 9.17) is 0 Å². The van der Waals surface area contributed by atoms with Crippen molar-refractivity contribution in [1.29, 1.82) is 0 Å². The minimum atomic E-state index is -1.66. The first kappa shape index (κ1) is 13.9. The third-order valence-electron chi connectivity index (χ3n) is 5.47. The predicted molar refractivity (Wildman–Crippen MR) is 105 cm³/mol. The van der Waals surface area contributed by atoms with Crippen LogP contribution in [0.3, 0.4) is 0 Å². The fraction of sp³-hybridized carbons (Fsp3) is 0.143. The molecule has 0 spiro atoms. The molecule has 2 aliphatic heterocycles. The Bertz CT molecular complexity index is 934. The molecule has 0 aromatic heterocycles. The Hall–Kier alpha value is -2.52. The highest BCUT2D eigenvalue weighted by atomic mass is 28.3. The van der Waals surface area contributed by atoms with E-state index in [-0.39, 0.29) is 0 Å². The number of rotatable bonds is 1. The van der Waals surface area contributed by atoms with Crippen molar-refractivity contribution in [2.75, 3.05) is 16.5 Å². The molecule has 2 heterocycles. The summed E-state index contributed by atoms with van der Waals surface area (Å²) in [5.74, 6) is 0. The normalized spacial score (nSPS) is 16.8. The van der Waals surface area contributed by atoms with Crippen molar-refractivity contribution in [2.45, 2.75) is 13.1 Å². The van der Waals surface area contributed by atoms with Crippen LogP contribution in [0, 0.1) is 0 Å². The molecule has 5 rings (SSSR count). The fourth-order valence-electron chi connectivity index (χ4n) is 4.23. The van der Waals surface area contributed by atoms with Gasteiger partial charge in [0.25, 0.3) is 0 Å². The maximum absolute atomic E-state index is 2.51. The number of nitrogens with zero attached hydrogens (tertiary/aromatic N) is 2. The van der Waals surface area contributed by atoms with Crippen molar-refractivity contribution in [2.24, 2.45) is 0 Å². The number of hydrogen-bond acceptors (Lipinski definition) is 2. The van der Waals surface area contributed by atoms with E-state index in [1.807, 2.05) is 0 Å². The summed E-state index contributed by atoms with van der Waals surface area (Å²) in [6.07, 6.45) is 0. The van der Waals surface area contributed by atoms with E-state index in [0.717, 1.165) is 6.67 Å². The van der Waals surface area contributed by atoms with Gasteiger partial charge in [-0.3, -0.25) is 0 Å². The summed E-state index contributed by atoms with van der Waals surface area (Å²) in [6.45, 7) is 5.84. The second-order valence-electron chi connectivity index (χ2n) is 7.15. The minimum absolute atomic E-state index is 0.887. The third-order valence-corrected chi connectivity index (χ3v) is 8.99. The lowest BCUT2D eigenvalue weighted by atomic mass is 10.2.